The first-order valence-electron chi connectivity index (χ1n) is 6.07. The zero-order chi connectivity index (χ0) is 15.9. The molecule has 0 unspecified atom stereocenters. The van der Waals surface area contributed by atoms with Gasteiger partial charge in [0.2, 0.25) is 0 Å². The molecule has 0 bridgehead atoms. The first-order valence-corrected chi connectivity index (χ1v) is 6.07. The molecule has 3 aromatic rings. The van der Waals surface area contributed by atoms with Crippen LogP contribution < -0.4 is 5.56 Å². The van der Waals surface area contributed by atoms with Gasteiger partial charge in [-0.25, -0.2) is 9.97 Å². The van der Waals surface area contributed by atoms with Crippen LogP contribution in [0.3, 0.4) is 0 Å². The fourth-order valence-electron chi connectivity index (χ4n) is 1.99. The van der Waals surface area contributed by atoms with E-state index in [9.17, 15) is 22.4 Å². The van der Waals surface area contributed by atoms with Gasteiger partial charge in [0.15, 0.2) is 5.82 Å². The number of aromatic nitrogens is 3. The third-order valence-electron chi connectivity index (χ3n) is 3.10. The first-order chi connectivity index (χ1) is 10.4. The van der Waals surface area contributed by atoms with Crippen molar-refractivity contribution in [1.82, 2.24) is 14.8 Å². The molecule has 0 saturated heterocycles. The molecule has 0 aliphatic carbocycles. The Bertz CT molecular complexity index is 901. The van der Waals surface area contributed by atoms with Crippen LogP contribution in [-0.4, -0.2) is 14.8 Å². The number of halogens is 4. The van der Waals surface area contributed by atoms with E-state index >= 15 is 0 Å². The molecule has 22 heavy (non-hydrogen) atoms. The van der Waals surface area contributed by atoms with Crippen LogP contribution in [0.15, 0.2) is 47.7 Å². The van der Waals surface area contributed by atoms with E-state index in [1.165, 1.54) is 24.3 Å². The molecule has 0 amide bonds. The van der Waals surface area contributed by atoms with Crippen LogP contribution >= 0.6 is 0 Å². The van der Waals surface area contributed by atoms with Crippen molar-refractivity contribution in [3.8, 4) is 11.4 Å². The van der Waals surface area contributed by atoms with E-state index in [1.807, 2.05) is 0 Å². The van der Waals surface area contributed by atoms with Gasteiger partial charge in [-0.15, -0.1) is 4.79 Å². The van der Waals surface area contributed by atoms with Gasteiger partial charge in [0, 0.05) is 29.5 Å². The van der Waals surface area contributed by atoms with Gasteiger partial charge in [0.05, 0.1) is 5.56 Å². The minimum Gasteiger partial charge on any atom is -0.266 e. The van der Waals surface area contributed by atoms with Crippen molar-refractivity contribution in [3.63, 3.8) is 0 Å². The van der Waals surface area contributed by atoms with Crippen molar-refractivity contribution in [2.75, 3.05) is 0 Å². The maximum absolute atomic E-state index is 13.1. The number of fused-ring (bicyclic) bond motifs is 1. The highest BCUT2D eigenvalue weighted by Crippen LogP contribution is 2.29. The van der Waals surface area contributed by atoms with E-state index in [-0.39, 0.29) is 16.0 Å². The third-order valence-corrected chi connectivity index (χ3v) is 3.10. The maximum atomic E-state index is 13.1. The number of hydrogen-bond acceptors (Lipinski definition) is 3. The van der Waals surface area contributed by atoms with Crippen LogP contribution in [0.25, 0.3) is 22.2 Å². The van der Waals surface area contributed by atoms with E-state index in [2.05, 4.69) is 9.97 Å². The van der Waals surface area contributed by atoms with Crippen molar-refractivity contribution >= 4 is 10.8 Å². The van der Waals surface area contributed by atoms with Crippen LogP contribution in [0.4, 0.5) is 17.7 Å². The summed E-state index contributed by atoms with van der Waals surface area (Å²) < 4.78 is 50.5. The Morgan fingerprint density at radius 1 is 1.05 bits per heavy atom. The number of benzene rings is 1. The number of rotatable bonds is 1. The van der Waals surface area contributed by atoms with E-state index in [1.54, 1.807) is 0 Å². The fourth-order valence-corrected chi connectivity index (χ4v) is 1.99. The summed E-state index contributed by atoms with van der Waals surface area (Å²) in [6.07, 6.45) is -2.17. The molecule has 2 heterocycles. The molecule has 0 radical (unpaired) electrons. The average molecular weight is 309 g/mol. The zero-order valence-electron chi connectivity index (χ0n) is 10.8. The second kappa shape index (κ2) is 4.90. The zero-order valence-corrected chi connectivity index (χ0v) is 10.8. The normalized spacial score (nSPS) is 11.8. The van der Waals surface area contributed by atoms with Gasteiger partial charge >= 0.3 is 6.18 Å². The summed E-state index contributed by atoms with van der Waals surface area (Å²) in [6, 6.07) is 5.72. The first kappa shape index (κ1) is 14.2. The summed E-state index contributed by atoms with van der Waals surface area (Å²) in [4.78, 5) is 18.9. The topological polar surface area (TPSA) is 47.8 Å². The Labute approximate surface area is 120 Å². The Kier molecular flexibility index (Phi) is 3.16. The van der Waals surface area contributed by atoms with Crippen LogP contribution in [-0.2, 0) is 6.18 Å². The van der Waals surface area contributed by atoms with Gasteiger partial charge in [-0.1, -0.05) is 10.5 Å². The molecule has 0 aliphatic rings. The van der Waals surface area contributed by atoms with Crippen molar-refractivity contribution < 1.29 is 17.7 Å². The van der Waals surface area contributed by atoms with Gasteiger partial charge in [-0.2, -0.15) is 13.2 Å². The van der Waals surface area contributed by atoms with Gasteiger partial charge < -0.3 is 0 Å². The molecule has 2 aromatic heterocycles. The Hall–Kier alpha value is -2.77. The molecule has 0 saturated carbocycles. The van der Waals surface area contributed by atoms with Gasteiger partial charge in [-0.05, 0) is 23.6 Å². The summed E-state index contributed by atoms with van der Waals surface area (Å²) in [6.45, 7) is 0. The SMILES string of the molecule is O=c1c2ccc(-c3ncc(C(F)(F)F)cn3)cc2ccn1F. The van der Waals surface area contributed by atoms with Gasteiger partial charge in [0.25, 0.3) is 5.56 Å². The molecule has 4 nitrogen and oxygen atoms in total. The smallest absolute Gasteiger partial charge is 0.266 e. The predicted molar refractivity (Wildman–Crippen MR) is 70.7 cm³/mol. The molecule has 1 aromatic carbocycles. The maximum Gasteiger partial charge on any atom is 0.419 e. The minimum absolute atomic E-state index is 0.0450. The minimum atomic E-state index is -4.51. The third kappa shape index (κ3) is 2.43. The molecular weight excluding hydrogens is 302 g/mol. The summed E-state index contributed by atoms with van der Waals surface area (Å²) in [7, 11) is 0. The molecule has 8 heteroatoms. The summed E-state index contributed by atoms with van der Waals surface area (Å²) in [5.41, 5.74) is -1.33. The number of pyridine rings is 1. The quantitative estimate of drug-likeness (QED) is 0.649. The summed E-state index contributed by atoms with van der Waals surface area (Å²) >= 11 is 0. The Balaban J connectivity index is 2.07. The Morgan fingerprint density at radius 3 is 2.36 bits per heavy atom. The highest BCUT2D eigenvalue weighted by molar-refractivity contribution is 5.85. The van der Waals surface area contributed by atoms with Crippen molar-refractivity contribution in [2.45, 2.75) is 6.18 Å². The summed E-state index contributed by atoms with van der Waals surface area (Å²) in [5.74, 6) is 0.0827. The second-order valence-corrected chi connectivity index (χ2v) is 4.53. The van der Waals surface area contributed by atoms with E-state index in [0.29, 0.717) is 23.3 Å². The lowest BCUT2D eigenvalue weighted by Gasteiger charge is -2.07. The standard InChI is InChI=1S/C14H7F4N3O/c15-14(16,17)10-6-19-12(20-7-10)9-1-2-11-8(5-9)3-4-21(18)13(11)22/h1-7H. The Morgan fingerprint density at radius 2 is 1.73 bits per heavy atom. The molecule has 112 valence electrons. The van der Waals surface area contributed by atoms with Crippen LogP contribution in [0, 0.1) is 0 Å². The van der Waals surface area contributed by atoms with Crippen molar-refractivity contribution in [1.29, 1.82) is 0 Å². The molecule has 0 spiro atoms. The number of hydrogen-bond donors (Lipinski definition) is 0. The predicted octanol–water partition coefficient (Wildman–Crippen LogP) is 3.21. The lowest BCUT2D eigenvalue weighted by molar-refractivity contribution is -0.138. The monoisotopic (exact) mass is 309 g/mol. The molecule has 0 fully saturated rings. The van der Waals surface area contributed by atoms with Crippen LogP contribution in [0.1, 0.15) is 5.56 Å². The molecule has 0 atom stereocenters. The lowest BCUT2D eigenvalue weighted by atomic mass is 10.1. The number of nitrogens with zero attached hydrogens (tertiary/aromatic N) is 3. The molecule has 0 N–H and O–H groups in total. The largest absolute Gasteiger partial charge is 0.419 e. The molecular formula is C14H7F4N3O. The van der Waals surface area contributed by atoms with Crippen LogP contribution in [0.5, 0.6) is 0 Å². The lowest BCUT2D eigenvalue weighted by Crippen LogP contribution is -2.12. The second-order valence-electron chi connectivity index (χ2n) is 4.53. The highest BCUT2D eigenvalue weighted by atomic mass is 19.4. The average Bonchev–Trinajstić information content (AvgIpc) is 2.50. The van der Waals surface area contributed by atoms with E-state index < -0.39 is 17.3 Å². The number of alkyl halides is 3. The fraction of sp³-hybridized carbons (Fsp3) is 0.0714. The van der Waals surface area contributed by atoms with Gasteiger partial charge in [0.1, 0.15) is 0 Å². The molecule has 3 rings (SSSR count). The van der Waals surface area contributed by atoms with Crippen molar-refractivity contribution in [3.05, 3.63) is 58.8 Å². The van der Waals surface area contributed by atoms with Gasteiger partial charge in [-0.3, -0.25) is 4.79 Å². The van der Waals surface area contributed by atoms with Crippen molar-refractivity contribution in [2.24, 2.45) is 0 Å². The van der Waals surface area contributed by atoms with E-state index in [4.69, 9.17) is 0 Å². The molecule has 0 aliphatic heterocycles. The highest BCUT2D eigenvalue weighted by Gasteiger charge is 2.31. The van der Waals surface area contributed by atoms with E-state index in [0.717, 1.165) is 6.20 Å². The summed E-state index contributed by atoms with van der Waals surface area (Å²) in [5, 5.41) is 0.598. The van der Waals surface area contributed by atoms with Crippen LogP contribution in [0.2, 0.25) is 0 Å².